The van der Waals surface area contributed by atoms with E-state index in [-0.39, 0.29) is 22.8 Å². The molecule has 1 aromatic carbocycles. The molecule has 3 nitrogen and oxygen atoms in total. The minimum atomic E-state index is -0.619. The molecule has 1 amide bonds. The molecule has 1 N–H and O–H groups in total. The standard InChI is InChI=1S/C12H12F2N2OS/c1-6(2)10-11(17)16-12(18-10)15-9-5-7(13)3-4-8(9)14/h3-6,10H,1-2H3,(H,15,16,17). The second kappa shape index (κ2) is 5.06. The maximum absolute atomic E-state index is 13.4. The molecule has 0 aromatic heterocycles. The van der Waals surface area contributed by atoms with Gasteiger partial charge in [0.1, 0.15) is 17.3 Å². The van der Waals surface area contributed by atoms with Gasteiger partial charge in [0.05, 0.1) is 5.25 Å². The highest BCUT2D eigenvalue weighted by Crippen LogP contribution is 2.28. The zero-order valence-corrected chi connectivity index (χ0v) is 10.7. The molecule has 96 valence electrons. The highest BCUT2D eigenvalue weighted by Gasteiger charge is 2.32. The summed E-state index contributed by atoms with van der Waals surface area (Å²) in [5.41, 5.74) is -0.109. The summed E-state index contributed by atoms with van der Waals surface area (Å²) in [5, 5.41) is 2.64. The van der Waals surface area contributed by atoms with Crippen LogP contribution in [-0.2, 0) is 4.79 Å². The molecule has 1 aromatic rings. The molecule has 0 saturated carbocycles. The largest absolute Gasteiger partial charge is 0.304 e. The summed E-state index contributed by atoms with van der Waals surface area (Å²) >= 11 is 1.24. The summed E-state index contributed by atoms with van der Waals surface area (Å²) in [7, 11) is 0. The van der Waals surface area contributed by atoms with Crippen LogP contribution in [0.3, 0.4) is 0 Å². The van der Waals surface area contributed by atoms with Crippen molar-refractivity contribution in [2.45, 2.75) is 19.1 Å². The molecule has 0 aliphatic carbocycles. The van der Waals surface area contributed by atoms with Crippen molar-refractivity contribution in [3.63, 3.8) is 0 Å². The van der Waals surface area contributed by atoms with E-state index in [1.165, 1.54) is 11.8 Å². The Morgan fingerprint density at radius 2 is 2.11 bits per heavy atom. The van der Waals surface area contributed by atoms with Gasteiger partial charge in [-0.2, -0.15) is 0 Å². The molecule has 6 heteroatoms. The lowest BCUT2D eigenvalue weighted by atomic mass is 10.1. The van der Waals surface area contributed by atoms with E-state index in [0.717, 1.165) is 18.2 Å². The van der Waals surface area contributed by atoms with Crippen molar-refractivity contribution in [1.82, 2.24) is 5.32 Å². The molecule has 1 atom stereocenters. The van der Waals surface area contributed by atoms with Gasteiger partial charge in [-0.05, 0) is 18.1 Å². The maximum Gasteiger partial charge on any atom is 0.239 e. The topological polar surface area (TPSA) is 41.5 Å². The Balaban J connectivity index is 2.25. The molecule has 0 spiro atoms. The fourth-order valence-corrected chi connectivity index (χ4v) is 2.54. The number of benzene rings is 1. The van der Waals surface area contributed by atoms with Gasteiger partial charge >= 0.3 is 0 Å². The first-order valence-electron chi connectivity index (χ1n) is 5.48. The van der Waals surface area contributed by atoms with Crippen LogP contribution in [0.5, 0.6) is 0 Å². The number of carbonyl (C=O) groups excluding carboxylic acids is 1. The van der Waals surface area contributed by atoms with E-state index in [1.807, 2.05) is 13.8 Å². The van der Waals surface area contributed by atoms with Crippen molar-refractivity contribution in [2.24, 2.45) is 10.9 Å². The van der Waals surface area contributed by atoms with Crippen LogP contribution < -0.4 is 5.32 Å². The minimum absolute atomic E-state index is 0.109. The molecule has 0 radical (unpaired) electrons. The number of nitrogens with one attached hydrogen (secondary N) is 1. The Morgan fingerprint density at radius 1 is 1.39 bits per heavy atom. The predicted octanol–water partition coefficient (Wildman–Crippen LogP) is 2.84. The summed E-state index contributed by atoms with van der Waals surface area (Å²) in [5.74, 6) is -1.18. The molecular formula is C12H12F2N2OS. The van der Waals surface area contributed by atoms with E-state index in [0.29, 0.717) is 5.17 Å². The average molecular weight is 270 g/mol. The zero-order valence-electron chi connectivity index (χ0n) is 9.91. The van der Waals surface area contributed by atoms with E-state index < -0.39 is 11.6 Å². The van der Waals surface area contributed by atoms with Gasteiger partial charge in [0.2, 0.25) is 5.91 Å². The second-order valence-electron chi connectivity index (χ2n) is 4.28. The molecule has 1 aliphatic rings. The van der Waals surface area contributed by atoms with Gasteiger partial charge in [-0.3, -0.25) is 4.79 Å². The van der Waals surface area contributed by atoms with Crippen molar-refractivity contribution in [3.05, 3.63) is 29.8 Å². The van der Waals surface area contributed by atoms with Crippen molar-refractivity contribution < 1.29 is 13.6 Å². The fraction of sp³-hybridized carbons (Fsp3) is 0.333. The van der Waals surface area contributed by atoms with Crippen LogP contribution in [0.2, 0.25) is 0 Å². The Morgan fingerprint density at radius 3 is 2.72 bits per heavy atom. The highest BCUT2D eigenvalue weighted by molar-refractivity contribution is 8.15. The third kappa shape index (κ3) is 2.69. The lowest BCUT2D eigenvalue weighted by molar-refractivity contribution is -0.119. The van der Waals surface area contributed by atoms with E-state index in [9.17, 15) is 13.6 Å². The van der Waals surface area contributed by atoms with Crippen molar-refractivity contribution in [2.75, 3.05) is 0 Å². The number of amides is 1. The number of aliphatic imine (C=N–C) groups is 1. The summed E-state index contributed by atoms with van der Waals surface area (Å²) in [6.45, 7) is 3.84. The molecule has 1 aliphatic heterocycles. The van der Waals surface area contributed by atoms with E-state index >= 15 is 0 Å². The van der Waals surface area contributed by atoms with Gasteiger partial charge in [0.25, 0.3) is 0 Å². The molecule has 2 rings (SSSR count). The number of carbonyl (C=O) groups is 1. The number of nitrogens with zero attached hydrogens (tertiary/aromatic N) is 1. The quantitative estimate of drug-likeness (QED) is 0.897. The van der Waals surface area contributed by atoms with Crippen LogP contribution in [0.25, 0.3) is 0 Å². The van der Waals surface area contributed by atoms with Crippen LogP contribution in [0.1, 0.15) is 13.8 Å². The molecule has 18 heavy (non-hydrogen) atoms. The summed E-state index contributed by atoms with van der Waals surface area (Å²) in [4.78, 5) is 15.5. The van der Waals surface area contributed by atoms with E-state index in [1.54, 1.807) is 0 Å². The first-order chi connectivity index (χ1) is 8.47. The molecule has 1 fully saturated rings. The zero-order chi connectivity index (χ0) is 13.3. The Kier molecular flexibility index (Phi) is 3.65. The first-order valence-corrected chi connectivity index (χ1v) is 6.36. The summed E-state index contributed by atoms with van der Waals surface area (Å²) in [6, 6.07) is 3.03. The van der Waals surface area contributed by atoms with E-state index in [2.05, 4.69) is 10.3 Å². The van der Waals surface area contributed by atoms with Crippen LogP contribution in [0.4, 0.5) is 14.5 Å². The maximum atomic E-state index is 13.4. The predicted molar refractivity (Wildman–Crippen MR) is 67.8 cm³/mol. The SMILES string of the molecule is CC(C)C1SC(=Nc2cc(F)ccc2F)NC1=O. The van der Waals surface area contributed by atoms with Crippen LogP contribution in [0.15, 0.2) is 23.2 Å². The minimum Gasteiger partial charge on any atom is -0.304 e. The van der Waals surface area contributed by atoms with Gasteiger partial charge < -0.3 is 5.32 Å². The number of hydrogen-bond donors (Lipinski definition) is 1. The van der Waals surface area contributed by atoms with Gasteiger partial charge in [-0.1, -0.05) is 25.6 Å². The normalized spacial score (nSPS) is 21.7. The second-order valence-corrected chi connectivity index (χ2v) is 5.41. The third-order valence-electron chi connectivity index (χ3n) is 2.46. The van der Waals surface area contributed by atoms with Gasteiger partial charge in [-0.25, -0.2) is 13.8 Å². The summed E-state index contributed by atoms with van der Waals surface area (Å²) < 4.78 is 26.4. The summed E-state index contributed by atoms with van der Waals surface area (Å²) in [6.07, 6.45) is 0. The Bertz CT molecular complexity index is 517. The number of rotatable bonds is 2. The number of hydrogen-bond acceptors (Lipinski definition) is 3. The lowest BCUT2D eigenvalue weighted by Crippen LogP contribution is -2.27. The van der Waals surface area contributed by atoms with Crippen molar-refractivity contribution in [1.29, 1.82) is 0 Å². The van der Waals surface area contributed by atoms with Crippen molar-refractivity contribution in [3.8, 4) is 0 Å². The smallest absolute Gasteiger partial charge is 0.239 e. The monoisotopic (exact) mass is 270 g/mol. The molecular weight excluding hydrogens is 258 g/mol. The fourth-order valence-electron chi connectivity index (χ4n) is 1.55. The van der Waals surface area contributed by atoms with E-state index in [4.69, 9.17) is 0 Å². The third-order valence-corrected chi connectivity index (χ3v) is 3.89. The van der Waals surface area contributed by atoms with Gasteiger partial charge in [0, 0.05) is 6.07 Å². The Hall–Kier alpha value is -1.43. The molecule has 1 heterocycles. The number of halogens is 2. The number of amidine groups is 1. The van der Waals surface area contributed by atoms with Crippen LogP contribution in [-0.4, -0.2) is 16.3 Å². The average Bonchev–Trinajstić information content (AvgIpc) is 2.65. The number of thioether (sulfide) groups is 1. The van der Waals surface area contributed by atoms with Gasteiger partial charge in [-0.15, -0.1) is 0 Å². The molecule has 0 bridgehead atoms. The lowest BCUT2D eigenvalue weighted by Gasteiger charge is -2.07. The van der Waals surface area contributed by atoms with Crippen LogP contribution >= 0.6 is 11.8 Å². The van der Waals surface area contributed by atoms with Gasteiger partial charge in [0.15, 0.2) is 5.17 Å². The van der Waals surface area contributed by atoms with Crippen LogP contribution in [0, 0.1) is 17.6 Å². The van der Waals surface area contributed by atoms with Crippen molar-refractivity contribution >= 4 is 28.5 Å². The molecule has 1 saturated heterocycles. The Labute approximate surface area is 108 Å². The first kappa shape index (κ1) is 13.0. The highest BCUT2D eigenvalue weighted by atomic mass is 32.2. The molecule has 1 unspecified atom stereocenters.